The van der Waals surface area contributed by atoms with E-state index < -0.39 is 0 Å². The van der Waals surface area contributed by atoms with Crippen molar-refractivity contribution in [2.75, 3.05) is 20.1 Å². The number of hydrogen-bond donors (Lipinski definition) is 3. The standard InChI is InChI=1S/C12H19N3O2/c1-8(13)11-10(14-2)9(16)7-12(17-11)3-5-15-6-4-12/h13-15H,3-7H2,1-2H3. The van der Waals surface area contributed by atoms with Crippen LogP contribution in [0.2, 0.25) is 0 Å². The Morgan fingerprint density at radius 2 is 2.12 bits per heavy atom. The molecule has 5 nitrogen and oxygen atoms in total. The van der Waals surface area contributed by atoms with E-state index in [0.717, 1.165) is 25.9 Å². The second kappa shape index (κ2) is 4.49. The monoisotopic (exact) mass is 237 g/mol. The average Bonchev–Trinajstić information content (AvgIpc) is 2.29. The largest absolute Gasteiger partial charge is 0.483 e. The summed E-state index contributed by atoms with van der Waals surface area (Å²) < 4.78 is 5.98. The van der Waals surface area contributed by atoms with Gasteiger partial charge in [-0.1, -0.05) is 0 Å². The highest BCUT2D eigenvalue weighted by Gasteiger charge is 2.42. The number of piperidine rings is 1. The summed E-state index contributed by atoms with van der Waals surface area (Å²) in [5.41, 5.74) is 0.363. The quantitative estimate of drug-likeness (QED) is 0.614. The molecule has 2 rings (SSSR count). The lowest BCUT2D eigenvalue weighted by atomic mass is 9.84. The molecule has 0 aromatic rings. The second-order valence-electron chi connectivity index (χ2n) is 4.71. The summed E-state index contributed by atoms with van der Waals surface area (Å²) in [5, 5.41) is 13.8. The zero-order valence-corrected chi connectivity index (χ0v) is 10.4. The van der Waals surface area contributed by atoms with E-state index in [-0.39, 0.29) is 11.4 Å². The van der Waals surface area contributed by atoms with Crippen LogP contribution in [0, 0.1) is 5.41 Å². The van der Waals surface area contributed by atoms with E-state index in [0.29, 0.717) is 23.6 Å². The molecular formula is C12H19N3O2. The highest BCUT2D eigenvalue weighted by atomic mass is 16.5. The maximum Gasteiger partial charge on any atom is 0.186 e. The molecule has 1 fully saturated rings. The Morgan fingerprint density at radius 3 is 2.65 bits per heavy atom. The van der Waals surface area contributed by atoms with Gasteiger partial charge >= 0.3 is 0 Å². The van der Waals surface area contributed by atoms with Crippen molar-refractivity contribution in [2.45, 2.75) is 31.8 Å². The molecule has 0 amide bonds. The molecule has 17 heavy (non-hydrogen) atoms. The number of carbonyl (C=O) groups is 1. The zero-order valence-electron chi connectivity index (χ0n) is 10.4. The Bertz CT molecular complexity index is 381. The van der Waals surface area contributed by atoms with E-state index in [1.165, 1.54) is 0 Å². The fourth-order valence-electron chi connectivity index (χ4n) is 2.49. The first-order valence-corrected chi connectivity index (χ1v) is 5.98. The van der Waals surface area contributed by atoms with Crippen LogP contribution in [-0.4, -0.2) is 37.2 Å². The number of hydrogen-bond acceptors (Lipinski definition) is 5. The van der Waals surface area contributed by atoms with Crippen LogP contribution in [0.5, 0.6) is 0 Å². The van der Waals surface area contributed by atoms with Gasteiger partial charge in [-0.15, -0.1) is 0 Å². The normalized spacial score (nSPS) is 23.5. The third-order valence-corrected chi connectivity index (χ3v) is 3.41. The molecule has 0 radical (unpaired) electrons. The van der Waals surface area contributed by atoms with E-state index in [2.05, 4.69) is 10.6 Å². The minimum atomic E-state index is -0.389. The highest BCUT2D eigenvalue weighted by molar-refractivity contribution is 6.06. The van der Waals surface area contributed by atoms with Crippen molar-refractivity contribution in [1.29, 1.82) is 5.41 Å². The Morgan fingerprint density at radius 1 is 1.47 bits per heavy atom. The lowest BCUT2D eigenvalue weighted by Crippen LogP contribution is -2.49. The number of ether oxygens (including phenoxy) is 1. The number of nitrogens with one attached hydrogen (secondary N) is 3. The van der Waals surface area contributed by atoms with Crippen molar-refractivity contribution in [3.8, 4) is 0 Å². The van der Waals surface area contributed by atoms with Gasteiger partial charge in [-0.2, -0.15) is 0 Å². The Labute approximate surface area is 101 Å². The molecule has 0 atom stereocenters. The van der Waals surface area contributed by atoms with Crippen molar-refractivity contribution in [1.82, 2.24) is 10.6 Å². The summed E-state index contributed by atoms with van der Waals surface area (Å²) in [6, 6.07) is 0. The van der Waals surface area contributed by atoms with Crippen LogP contribution in [0.4, 0.5) is 0 Å². The van der Waals surface area contributed by atoms with Gasteiger partial charge in [0.15, 0.2) is 11.5 Å². The van der Waals surface area contributed by atoms with Gasteiger partial charge in [-0.05, 0) is 20.0 Å². The first-order chi connectivity index (χ1) is 8.08. The third kappa shape index (κ3) is 2.20. The minimum Gasteiger partial charge on any atom is -0.483 e. The van der Waals surface area contributed by atoms with E-state index >= 15 is 0 Å². The molecule has 0 bridgehead atoms. The van der Waals surface area contributed by atoms with Gasteiger partial charge < -0.3 is 20.8 Å². The van der Waals surface area contributed by atoms with Crippen molar-refractivity contribution < 1.29 is 9.53 Å². The number of carbonyl (C=O) groups excluding carboxylic acids is 1. The van der Waals surface area contributed by atoms with Gasteiger partial charge in [0.2, 0.25) is 0 Å². The van der Waals surface area contributed by atoms with Crippen LogP contribution in [0.25, 0.3) is 0 Å². The van der Waals surface area contributed by atoms with E-state index in [1.54, 1.807) is 14.0 Å². The third-order valence-electron chi connectivity index (χ3n) is 3.41. The molecule has 3 N–H and O–H groups in total. The fraction of sp³-hybridized carbons (Fsp3) is 0.667. The molecule has 0 saturated carbocycles. The second-order valence-corrected chi connectivity index (χ2v) is 4.71. The van der Waals surface area contributed by atoms with Crippen LogP contribution in [-0.2, 0) is 9.53 Å². The van der Waals surface area contributed by atoms with Gasteiger partial charge in [-0.25, -0.2) is 0 Å². The number of Topliss-reactive ketones (excluding diaryl/α,β-unsaturated/α-hetero) is 1. The molecule has 2 aliphatic rings. The predicted octanol–water partition coefficient (Wildman–Crippen LogP) is 0.569. The maximum atomic E-state index is 12.1. The van der Waals surface area contributed by atoms with E-state index in [1.807, 2.05) is 0 Å². The number of ketones is 1. The van der Waals surface area contributed by atoms with Crippen molar-refractivity contribution >= 4 is 11.5 Å². The van der Waals surface area contributed by atoms with Gasteiger partial charge in [0.05, 0.1) is 12.1 Å². The SMILES string of the molecule is CNC1=C(C(C)=N)OC2(CCNCC2)CC1=O. The molecule has 0 unspecified atom stereocenters. The molecule has 0 aliphatic carbocycles. The average molecular weight is 237 g/mol. The molecular weight excluding hydrogens is 218 g/mol. The molecule has 0 aromatic carbocycles. The molecule has 0 aromatic heterocycles. The minimum absolute atomic E-state index is 0.0576. The van der Waals surface area contributed by atoms with Crippen molar-refractivity contribution in [2.24, 2.45) is 0 Å². The first-order valence-electron chi connectivity index (χ1n) is 5.98. The summed E-state index contributed by atoms with van der Waals surface area (Å²) in [5.74, 6) is 0.480. The zero-order chi connectivity index (χ0) is 12.5. The highest BCUT2D eigenvalue weighted by Crippen LogP contribution is 2.35. The first kappa shape index (κ1) is 12.1. The van der Waals surface area contributed by atoms with Crippen molar-refractivity contribution in [3.05, 3.63) is 11.5 Å². The van der Waals surface area contributed by atoms with Gasteiger partial charge in [0.25, 0.3) is 0 Å². The molecule has 1 spiro atoms. The van der Waals surface area contributed by atoms with Crippen LogP contribution in [0.15, 0.2) is 11.5 Å². The van der Waals surface area contributed by atoms with E-state index in [4.69, 9.17) is 10.1 Å². The lowest BCUT2D eigenvalue weighted by Gasteiger charge is -2.41. The fourth-order valence-corrected chi connectivity index (χ4v) is 2.49. The summed E-state index contributed by atoms with van der Waals surface area (Å²) >= 11 is 0. The molecule has 2 heterocycles. The summed E-state index contributed by atoms with van der Waals surface area (Å²) in [6.07, 6.45) is 2.07. The maximum absolute atomic E-state index is 12.1. The summed E-state index contributed by atoms with van der Waals surface area (Å²) in [7, 11) is 1.69. The summed E-state index contributed by atoms with van der Waals surface area (Å²) in [4.78, 5) is 12.1. The van der Waals surface area contributed by atoms with Crippen LogP contribution in [0.3, 0.4) is 0 Å². The topological polar surface area (TPSA) is 74.2 Å². The lowest BCUT2D eigenvalue weighted by molar-refractivity contribution is -0.126. The van der Waals surface area contributed by atoms with Gasteiger partial charge in [-0.3, -0.25) is 4.79 Å². The van der Waals surface area contributed by atoms with E-state index in [9.17, 15) is 4.79 Å². The number of rotatable bonds is 2. The smallest absolute Gasteiger partial charge is 0.186 e. The predicted molar refractivity (Wildman–Crippen MR) is 65.0 cm³/mol. The Hall–Kier alpha value is -1.36. The van der Waals surface area contributed by atoms with Gasteiger partial charge in [0.1, 0.15) is 11.3 Å². The van der Waals surface area contributed by atoms with Crippen LogP contribution in [0.1, 0.15) is 26.2 Å². The molecule has 1 saturated heterocycles. The molecule has 2 aliphatic heterocycles. The Kier molecular flexibility index (Phi) is 3.19. The number of likely N-dealkylation sites (N-methyl/N-ethyl adjacent to an activating group) is 1. The molecule has 5 heteroatoms. The summed E-state index contributed by atoms with van der Waals surface area (Å²) in [6.45, 7) is 3.39. The Balaban J connectivity index is 2.32. The van der Waals surface area contributed by atoms with Crippen molar-refractivity contribution in [3.63, 3.8) is 0 Å². The van der Waals surface area contributed by atoms with Gasteiger partial charge in [0, 0.05) is 19.9 Å². The number of allylic oxidation sites excluding steroid dienone is 2. The molecule has 94 valence electrons. The van der Waals surface area contributed by atoms with Crippen LogP contribution >= 0.6 is 0 Å². The van der Waals surface area contributed by atoms with Crippen LogP contribution < -0.4 is 10.6 Å².